The molecule has 8 nitrogen and oxygen atoms in total. The predicted molar refractivity (Wildman–Crippen MR) is 164 cm³/mol. The van der Waals surface area contributed by atoms with E-state index in [9.17, 15) is 28.8 Å². The molecule has 2 aromatic carbocycles. The van der Waals surface area contributed by atoms with Crippen LogP contribution in [0.15, 0.2) is 60.7 Å². The Morgan fingerprint density at radius 2 is 1.42 bits per heavy atom. The lowest BCUT2D eigenvalue weighted by Gasteiger charge is -2.25. The third kappa shape index (κ3) is 10.7. The summed E-state index contributed by atoms with van der Waals surface area (Å²) in [5.41, 5.74) is 6.75. The van der Waals surface area contributed by atoms with Crippen LogP contribution in [0.5, 0.6) is 0 Å². The molecule has 0 heterocycles. The van der Waals surface area contributed by atoms with Crippen molar-refractivity contribution in [1.82, 2.24) is 5.32 Å². The normalized spacial score (nSPS) is 15.7. The quantitative estimate of drug-likeness (QED) is 0.201. The van der Waals surface area contributed by atoms with Crippen LogP contribution in [-0.4, -0.2) is 41.0 Å². The molecule has 2 aromatic rings. The Bertz CT molecular complexity index is 1270. The average Bonchev–Trinajstić information content (AvgIpc) is 2.99. The molecular formula is C35H44N2O6. The van der Waals surface area contributed by atoms with Crippen LogP contribution >= 0.6 is 0 Å². The fraction of sp³-hybridized carbons (Fsp3) is 0.486. The van der Waals surface area contributed by atoms with E-state index < -0.39 is 53.5 Å². The SMILES string of the molecule is CC(C)[C@H](CC(=O)[C@H](CC(N)=O)NC(=O)[C@@H](CC(=O)c1ccccc1)Cc1ccccc1)C(=O)C(=O)CC1CCCCC1. The Kier molecular flexibility index (Phi) is 13.0. The minimum Gasteiger partial charge on any atom is -0.370 e. The van der Waals surface area contributed by atoms with Gasteiger partial charge in [-0.2, -0.15) is 0 Å². The van der Waals surface area contributed by atoms with Crippen molar-refractivity contribution in [3.05, 3.63) is 71.8 Å². The highest BCUT2D eigenvalue weighted by molar-refractivity contribution is 6.38. The van der Waals surface area contributed by atoms with Gasteiger partial charge in [0.05, 0.1) is 12.5 Å². The van der Waals surface area contributed by atoms with Crippen LogP contribution in [0.4, 0.5) is 0 Å². The number of amides is 2. The summed E-state index contributed by atoms with van der Waals surface area (Å²) in [6.45, 7) is 3.55. The molecule has 0 spiro atoms. The van der Waals surface area contributed by atoms with Crippen molar-refractivity contribution in [3.8, 4) is 0 Å². The fourth-order valence-corrected chi connectivity index (χ4v) is 5.81. The monoisotopic (exact) mass is 588 g/mol. The maximum atomic E-state index is 13.6. The van der Waals surface area contributed by atoms with Crippen LogP contribution in [0.3, 0.4) is 0 Å². The summed E-state index contributed by atoms with van der Waals surface area (Å²) in [7, 11) is 0. The number of hydrogen-bond donors (Lipinski definition) is 2. The first kappa shape index (κ1) is 33.6. The van der Waals surface area contributed by atoms with Crippen LogP contribution in [0.25, 0.3) is 0 Å². The topological polar surface area (TPSA) is 140 Å². The Morgan fingerprint density at radius 3 is 2.00 bits per heavy atom. The number of benzene rings is 2. The van der Waals surface area contributed by atoms with Crippen molar-refractivity contribution in [1.29, 1.82) is 0 Å². The number of primary amides is 1. The second-order valence-corrected chi connectivity index (χ2v) is 12.1. The molecular weight excluding hydrogens is 544 g/mol. The van der Waals surface area contributed by atoms with Crippen molar-refractivity contribution < 1.29 is 28.8 Å². The van der Waals surface area contributed by atoms with Crippen molar-refractivity contribution in [2.75, 3.05) is 0 Å². The lowest BCUT2D eigenvalue weighted by atomic mass is 9.80. The lowest BCUT2D eigenvalue weighted by Crippen LogP contribution is -2.47. The molecule has 1 aliphatic rings. The van der Waals surface area contributed by atoms with Gasteiger partial charge in [-0.15, -0.1) is 0 Å². The number of hydrogen-bond acceptors (Lipinski definition) is 6. The average molecular weight is 589 g/mol. The number of ketones is 4. The Labute approximate surface area is 254 Å². The summed E-state index contributed by atoms with van der Waals surface area (Å²) in [5, 5.41) is 2.67. The molecule has 2 amide bonds. The van der Waals surface area contributed by atoms with Crippen LogP contribution in [-0.2, 0) is 30.4 Å². The summed E-state index contributed by atoms with van der Waals surface area (Å²) < 4.78 is 0. The van der Waals surface area contributed by atoms with Gasteiger partial charge in [0.2, 0.25) is 17.6 Å². The number of Topliss-reactive ketones (excluding diaryl/α,β-unsaturated/α-hetero) is 4. The van der Waals surface area contributed by atoms with Gasteiger partial charge in [0.1, 0.15) is 0 Å². The first-order valence-electron chi connectivity index (χ1n) is 15.4. The number of nitrogens with one attached hydrogen (secondary N) is 1. The Hall–Kier alpha value is -3.94. The number of rotatable bonds is 17. The molecule has 230 valence electrons. The summed E-state index contributed by atoms with van der Waals surface area (Å²) in [4.78, 5) is 78.2. The molecule has 3 N–H and O–H groups in total. The fourth-order valence-electron chi connectivity index (χ4n) is 5.81. The first-order chi connectivity index (χ1) is 20.5. The van der Waals surface area contributed by atoms with Crippen LogP contribution in [0.2, 0.25) is 0 Å². The van der Waals surface area contributed by atoms with E-state index in [2.05, 4.69) is 5.32 Å². The molecule has 43 heavy (non-hydrogen) atoms. The largest absolute Gasteiger partial charge is 0.370 e. The van der Waals surface area contributed by atoms with Gasteiger partial charge < -0.3 is 11.1 Å². The van der Waals surface area contributed by atoms with Gasteiger partial charge in [0.15, 0.2) is 17.3 Å². The van der Waals surface area contributed by atoms with Crippen LogP contribution < -0.4 is 11.1 Å². The molecule has 0 bridgehead atoms. The van der Waals surface area contributed by atoms with Crippen molar-refractivity contribution in [2.45, 2.75) is 84.1 Å². The smallest absolute Gasteiger partial charge is 0.224 e. The van der Waals surface area contributed by atoms with E-state index in [1.807, 2.05) is 30.3 Å². The molecule has 0 saturated heterocycles. The molecule has 1 aliphatic carbocycles. The molecule has 8 heteroatoms. The van der Waals surface area contributed by atoms with Crippen LogP contribution in [0.1, 0.15) is 87.6 Å². The van der Waals surface area contributed by atoms with Gasteiger partial charge in [0.25, 0.3) is 0 Å². The van der Waals surface area contributed by atoms with Gasteiger partial charge in [0, 0.05) is 36.7 Å². The van der Waals surface area contributed by atoms with E-state index in [1.165, 1.54) is 0 Å². The van der Waals surface area contributed by atoms with E-state index in [0.717, 1.165) is 37.7 Å². The second-order valence-electron chi connectivity index (χ2n) is 12.1. The number of carbonyl (C=O) groups excluding carboxylic acids is 6. The number of nitrogens with two attached hydrogens (primary N) is 1. The van der Waals surface area contributed by atoms with E-state index in [1.54, 1.807) is 44.2 Å². The molecule has 0 unspecified atom stereocenters. The molecule has 0 radical (unpaired) electrons. The lowest BCUT2D eigenvalue weighted by molar-refractivity contribution is -0.142. The first-order valence-corrected chi connectivity index (χ1v) is 15.4. The zero-order valence-electron chi connectivity index (χ0n) is 25.3. The minimum absolute atomic E-state index is 0.106. The molecule has 3 rings (SSSR count). The van der Waals surface area contributed by atoms with E-state index in [4.69, 9.17) is 5.73 Å². The summed E-state index contributed by atoms with van der Waals surface area (Å²) in [6.07, 6.45) is 4.67. The zero-order valence-corrected chi connectivity index (χ0v) is 25.3. The van der Waals surface area contributed by atoms with Gasteiger partial charge in [-0.1, -0.05) is 107 Å². The van der Waals surface area contributed by atoms with E-state index in [-0.39, 0.29) is 43.3 Å². The standard InChI is InChI=1S/C35H44N2O6/c1-23(2)28(34(42)32(40)19-25-14-8-4-9-15-25)21-31(39)29(22-33(36)41)37-35(43)27(18-24-12-6-3-7-13-24)20-30(38)26-16-10-5-11-17-26/h3,5-7,10-13,16-17,23,25,27-29H,4,8-9,14-15,18-22H2,1-2H3,(H2,36,41)(H,37,43)/t27-,28+,29+/m1/s1. The van der Waals surface area contributed by atoms with Crippen molar-refractivity contribution in [3.63, 3.8) is 0 Å². The van der Waals surface area contributed by atoms with Gasteiger partial charge in [-0.05, 0) is 23.8 Å². The molecule has 3 atom stereocenters. The molecule has 1 saturated carbocycles. The maximum absolute atomic E-state index is 13.6. The highest BCUT2D eigenvalue weighted by atomic mass is 16.2. The molecule has 1 fully saturated rings. The highest BCUT2D eigenvalue weighted by Crippen LogP contribution is 2.28. The minimum atomic E-state index is -1.28. The third-order valence-corrected chi connectivity index (χ3v) is 8.37. The zero-order chi connectivity index (χ0) is 31.4. The summed E-state index contributed by atoms with van der Waals surface area (Å²) in [5.74, 6) is -4.96. The van der Waals surface area contributed by atoms with E-state index in [0.29, 0.717) is 5.56 Å². The maximum Gasteiger partial charge on any atom is 0.224 e. The highest BCUT2D eigenvalue weighted by Gasteiger charge is 2.35. The van der Waals surface area contributed by atoms with Crippen molar-refractivity contribution >= 4 is 34.9 Å². The van der Waals surface area contributed by atoms with Gasteiger partial charge in [-0.3, -0.25) is 28.8 Å². The number of carbonyl (C=O) groups is 6. The molecule has 0 aliphatic heterocycles. The second kappa shape index (κ2) is 16.6. The van der Waals surface area contributed by atoms with Gasteiger partial charge in [-0.25, -0.2) is 0 Å². The van der Waals surface area contributed by atoms with Crippen molar-refractivity contribution in [2.24, 2.45) is 29.4 Å². The third-order valence-electron chi connectivity index (χ3n) is 8.37. The summed E-state index contributed by atoms with van der Waals surface area (Å²) in [6, 6.07) is 16.6. The summed E-state index contributed by atoms with van der Waals surface area (Å²) >= 11 is 0. The van der Waals surface area contributed by atoms with E-state index >= 15 is 0 Å². The Morgan fingerprint density at radius 1 is 0.814 bits per heavy atom. The Balaban J connectivity index is 1.75. The predicted octanol–water partition coefficient (Wildman–Crippen LogP) is 4.82. The van der Waals surface area contributed by atoms with Gasteiger partial charge >= 0.3 is 0 Å². The van der Waals surface area contributed by atoms with Crippen LogP contribution in [0, 0.1) is 23.7 Å². The molecule has 0 aromatic heterocycles.